The van der Waals surface area contributed by atoms with Crippen LogP contribution >= 0.6 is 23.5 Å². The Balaban J connectivity index is 5.11. The Bertz CT molecular complexity index is 694. The first-order valence-corrected chi connectivity index (χ1v) is 13.4. The van der Waals surface area contributed by atoms with Gasteiger partial charge in [0.05, 0.1) is 12.6 Å². The topological polar surface area (TPSA) is 235 Å². The third-order valence-electron chi connectivity index (χ3n) is 4.59. The van der Waals surface area contributed by atoms with E-state index in [0.29, 0.717) is 17.9 Å². The lowest BCUT2D eigenvalue weighted by Gasteiger charge is -2.24. The van der Waals surface area contributed by atoms with Crippen molar-refractivity contribution in [3.8, 4) is 0 Å². The van der Waals surface area contributed by atoms with Gasteiger partial charge in [0.25, 0.3) is 0 Å². The van der Waals surface area contributed by atoms with E-state index >= 15 is 0 Å². The molecule has 0 rings (SSSR count). The summed E-state index contributed by atoms with van der Waals surface area (Å²) in [5, 5.41) is 26.2. The maximum Gasteiger partial charge on any atom is 0.326 e. The number of carbonyl (C=O) groups is 4. The second kappa shape index (κ2) is 18.1. The number of carbonyl (C=O) groups excluding carboxylic acids is 3. The molecule has 11 N–H and O–H groups in total. The molecule has 13 nitrogen and oxygen atoms in total. The van der Waals surface area contributed by atoms with Crippen molar-refractivity contribution in [2.24, 2.45) is 22.2 Å². The average molecular weight is 524 g/mol. The molecule has 0 radical (unpaired) electrons. The molecule has 4 unspecified atom stereocenters. The van der Waals surface area contributed by atoms with Crippen LogP contribution in [0.2, 0.25) is 0 Å². The summed E-state index contributed by atoms with van der Waals surface area (Å²) in [4.78, 5) is 52.9. The lowest BCUT2D eigenvalue weighted by molar-refractivity contribution is -0.142. The van der Waals surface area contributed by atoms with Gasteiger partial charge in [0.1, 0.15) is 18.1 Å². The van der Waals surface area contributed by atoms with Crippen molar-refractivity contribution in [3.63, 3.8) is 0 Å². The molecule has 3 amide bonds. The minimum Gasteiger partial charge on any atom is -0.480 e. The number of carboxylic acids is 1. The number of nitrogens with one attached hydrogen (secondary N) is 3. The van der Waals surface area contributed by atoms with E-state index in [9.17, 15) is 29.4 Å². The predicted octanol–water partition coefficient (Wildman–Crippen LogP) is -2.60. The summed E-state index contributed by atoms with van der Waals surface area (Å²) in [7, 11) is 0. The van der Waals surface area contributed by atoms with E-state index in [1.807, 2.05) is 12.5 Å². The van der Waals surface area contributed by atoms with E-state index in [0.717, 1.165) is 0 Å². The summed E-state index contributed by atoms with van der Waals surface area (Å²) in [6.45, 7) is -0.591. The van der Waals surface area contributed by atoms with Crippen molar-refractivity contribution >= 4 is 53.2 Å². The second-order valence-electron chi connectivity index (χ2n) is 7.32. The molecule has 15 heteroatoms. The Morgan fingerprint density at radius 2 is 1.38 bits per heavy atom. The Kier molecular flexibility index (Phi) is 17.0. The van der Waals surface area contributed by atoms with Gasteiger partial charge in [0.2, 0.25) is 17.7 Å². The van der Waals surface area contributed by atoms with Gasteiger partial charge >= 0.3 is 5.97 Å². The maximum atomic E-state index is 12.8. The molecule has 0 bridgehead atoms. The van der Waals surface area contributed by atoms with Crippen LogP contribution in [0.15, 0.2) is 4.99 Å². The molecule has 196 valence electrons. The number of carboxylic acid groups (broad SMARTS) is 1. The van der Waals surface area contributed by atoms with Gasteiger partial charge in [-0.3, -0.25) is 19.4 Å². The fourth-order valence-electron chi connectivity index (χ4n) is 2.66. The number of hydrogen-bond acceptors (Lipinski definition) is 9. The van der Waals surface area contributed by atoms with Gasteiger partial charge in [-0.15, -0.1) is 0 Å². The minimum absolute atomic E-state index is 0.0320. The Labute approximate surface area is 207 Å². The van der Waals surface area contributed by atoms with Crippen molar-refractivity contribution in [1.82, 2.24) is 16.0 Å². The zero-order valence-electron chi connectivity index (χ0n) is 19.5. The van der Waals surface area contributed by atoms with Crippen LogP contribution in [0, 0.1) is 0 Å². The smallest absolute Gasteiger partial charge is 0.326 e. The standard InChI is InChI=1S/C19H37N7O6S2/c1-33-8-5-11(20)15(28)24-12(6-9-34-2)16(29)26-14(10-27)17(30)25-13(18(31)32)4-3-7-23-19(21)22/h11-14,27H,3-10,20H2,1-2H3,(H,24,28)(H,25,30)(H,26,29)(H,31,32)(H4,21,22,23). The van der Waals surface area contributed by atoms with Crippen LogP contribution in [0.5, 0.6) is 0 Å². The maximum absolute atomic E-state index is 12.8. The van der Waals surface area contributed by atoms with Gasteiger partial charge in [-0.05, 0) is 49.7 Å². The quantitative estimate of drug-likeness (QED) is 0.0527. The third kappa shape index (κ3) is 13.5. The van der Waals surface area contributed by atoms with Crippen molar-refractivity contribution in [2.45, 2.75) is 49.9 Å². The van der Waals surface area contributed by atoms with E-state index in [4.69, 9.17) is 17.2 Å². The molecule has 0 aromatic carbocycles. The average Bonchev–Trinajstić information content (AvgIpc) is 2.79. The number of nitrogens with two attached hydrogens (primary N) is 3. The molecule has 0 heterocycles. The Morgan fingerprint density at radius 3 is 1.91 bits per heavy atom. The molecule has 0 aromatic rings. The summed E-state index contributed by atoms with van der Waals surface area (Å²) in [5.41, 5.74) is 16.3. The van der Waals surface area contributed by atoms with Crippen LogP contribution in [-0.4, -0.2) is 101 Å². The van der Waals surface area contributed by atoms with E-state index in [2.05, 4.69) is 20.9 Å². The number of guanidine groups is 1. The molecule has 0 fully saturated rings. The number of thioether (sulfide) groups is 2. The van der Waals surface area contributed by atoms with Crippen LogP contribution in [0.4, 0.5) is 0 Å². The summed E-state index contributed by atoms with van der Waals surface area (Å²) in [6.07, 6.45) is 4.75. The molecule has 0 saturated carbocycles. The number of rotatable bonds is 18. The number of nitrogens with zero attached hydrogens (tertiary/aromatic N) is 1. The molecule has 0 saturated heterocycles. The molecule has 4 atom stereocenters. The van der Waals surface area contributed by atoms with Gasteiger partial charge in [0, 0.05) is 6.54 Å². The molecule has 0 aliphatic rings. The van der Waals surface area contributed by atoms with Crippen LogP contribution < -0.4 is 33.2 Å². The summed E-state index contributed by atoms with van der Waals surface area (Å²) in [6, 6.07) is -4.44. The number of aliphatic hydroxyl groups is 1. The van der Waals surface area contributed by atoms with Crippen LogP contribution in [-0.2, 0) is 19.2 Å². The Hall–Kier alpha value is -2.23. The number of hydrogen-bond donors (Lipinski definition) is 8. The fraction of sp³-hybridized carbons (Fsp3) is 0.737. The normalized spacial score (nSPS) is 14.2. The van der Waals surface area contributed by atoms with Crippen LogP contribution in [0.25, 0.3) is 0 Å². The van der Waals surface area contributed by atoms with Crippen molar-refractivity contribution in [1.29, 1.82) is 0 Å². The molecule has 0 aliphatic heterocycles. The first-order valence-electron chi connectivity index (χ1n) is 10.6. The second-order valence-corrected chi connectivity index (χ2v) is 9.29. The van der Waals surface area contributed by atoms with Crippen molar-refractivity contribution in [2.75, 3.05) is 37.2 Å². The fourth-order valence-corrected chi connectivity index (χ4v) is 3.62. The highest BCUT2D eigenvalue weighted by Crippen LogP contribution is 2.05. The van der Waals surface area contributed by atoms with E-state index < -0.39 is 54.5 Å². The predicted molar refractivity (Wildman–Crippen MR) is 134 cm³/mol. The third-order valence-corrected chi connectivity index (χ3v) is 5.88. The first kappa shape index (κ1) is 31.8. The van der Waals surface area contributed by atoms with Crippen molar-refractivity contribution < 1.29 is 29.4 Å². The number of aliphatic imine (C=N–C) groups is 1. The lowest BCUT2D eigenvalue weighted by atomic mass is 10.1. The highest BCUT2D eigenvalue weighted by molar-refractivity contribution is 7.98. The molecule has 34 heavy (non-hydrogen) atoms. The van der Waals surface area contributed by atoms with E-state index in [-0.39, 0.29) is 31.8 Å². The number of aliphatic carboxylic acids is 1. The number of amides is 3. The number of aliphatic hydroxyl groups excluding tert-OH is 1. The SMILES string of the molecule is CSCCC(N)C(=O)NC(CCSC)C(=O)NC(CO)C(=O)NC(CCCN=C(N)N)C(=O)O. The monoisotopic (exact) mass is 523 g/mol. The largest absolute Gasteiger partial charge is 0.480 e. The molecule has 0 spiro atoms. The Morgan fingerprint density at radius 1 is 0.853 bits per heavy atom. The molecule has 0 aliphatic carbocycles. The summed E-state index contributed by atoms with van der Waals surface area (Å²) >= 11 is 3.01. The molecular formula is C19H37N7O6S2. The van der Waals surface area contributed by atoms with E-state index in [1.54, 1.807) is 11.8 Å². The van der Waals surface area contributed by atoms with Gasteiger partial charge in [0.15, 0.2) is 5.96 Å². The van der Waals surface area contributed by atoms with Crippen LogP contribution in [0.3, 0.4) is 0 Å². The summed E-state index contributed by atoms with van der Waals surface area (Å²) < 4.78 is 0. The first-order chi connectivity index (χ1) is 16.1. The zero-order chi connectivity index (χ0) is 26.1. The van der Waals surface area contributed by atoms with E-state index in [1.165, 1.54) is 11.8 Å². The van der Waals surface area contributed by atoms with Crippen molar-refractivity contribution in [3.05, 3.63) is 0 Å². The molecule has 0 aromatic heterocycles. The molecular weight excluding hydrogens is 486 g/mol. The zero-order valence-corrected chi connectivity index (χ0v) is 21.1. The lowest BCUT2D eigenvalue weighted by Crippen LogP contribution is -2.58. The van der Waals surface area contributed by atoms with Gasteiger partial charge in [-0.25, -0.2) is 4.79 Å². The van der Waals surface area contributed by atoms with Crippen LogP contribution in [0.1, 0.15) is 25.7 Å². The highest BCUT2D eigenvalue weighted by Gasteiger charge is 2.29. The summed E-state index contributed by atoms with van der Waals surface area (Å²) in [5.74, 6) is -2.25. The highest BCUT2D eigenvalue weighted by atomic mass is 32.2. The van der Waals surface area contributed by atoms with Gasteiger partial charge < -0.3 is 43.4 Å². The van der Waals surface area contributed by atoms with Gasteiger partial charge in [-0.2, -0.15) is 23.5 Å². The minimum atomic E-state index is -1.41. The van der Waals surface area contributed by atoms with Gasteiger partial charge in [-0.1, -0.05) is 0 Å².